The van der Waals surface area contributed by atoms with Crippen molar-refractivity contribution in [3.63, 3.8) is 0 Å². The lowest BCUT2D eigenvalue weighted by Gasteiger charge is -2.37. The molecule has 1 fully saturated rings. The molecule has 30 heavy (non-hydrogen) atoms. The molecule has 3 heterocycles. The summed E-state index contributed by atoms with van der Waals surface area (Å²) in [5, 5.41) is 0.302. The first-order chi connectivity index (χ1) is 14.6. The largest absolute Gasteiger partial charge is 0.476 e. The number of morpholine rings is 1. The second-order valence-corrected chi connectivity index (χ2v) is 7.53. The average molecular weight is 431 g/mol. The maximum atomic E-state index is 13.4. The fourth-order valence-electron chi connectivity index (χ4n) is 3.79. The number of fused-ring (bicyclic) bond motifs is 2. The van der Waals surface area contributed by atoms with Crippen molar-refractivity contribution in [2.24, 2.45) is 0 Å². The highest BCUT2D eigenvalue weighted by molar-refractivity contribution is 6.33. The number of carbonyl (C=O) groups is 2. The highest BCUT2D eigenvalue weighted by atomic mass is 35.5. The molecule has 9 heteroatoms. The van der Waals surface area contributed by atoms with E-state index in [1.54, 1.807) is 40.1 Å². The standard InChI is InChI=1S/C21H19ClN2O6/c22-14-9-13(10-17-19(14)29-12-28-17)20(25)24-11-18(21(26)23-5-7-27-8-6-23)30-16-4-2-1-3-15(16)24/h1-4,9-10,18H,5-8,11-12H2. The van der Waals surface area contributed by atoms with Crippen LogP contribution in [0, 0.1) is 0 Å². The third-order valence-corrected chi connectivity index (χ3v) is 5.57. The summed E-state index contributed by atoms with van der Waals surface area (Å²) in [5.41, 5.74) is 0.945. The Morgan fingerprint density at radius 2 is 1.83 bits per heavy atom. The summed E-state index contributed by atoms with van der Waals surface area (Å²) in [4.78, 5) is 29.7. The van der Waals surface area contributed by atoms with E-state index in [1.807, 2.05) is 6.07 Å². The average Bonchev–Trinajstić information content (AvgIpc) is 3.27. The predicted octanol–water partition coefficient (Wildman–Crippen LogP) is 2.34. The molecule has 1 unspecified atom stereocenters. The van der Waals surface area contributed by atoms with Crippen molar-refractivity contribution in [2.75, 3.05) is 44.5 Å². The first-order valence-electron chi connectivity index (χ1n) is 9.65. The second-order valence-electron chi connectivity index (χ2n) is 7.12. The minimum atomic E-state index is -0.800. The summed E-state index contributed by atoms with van der Waals surface area (Å²) < 4.78 is 22.0. The summed E-state index contributed by atoms with van der Waals surface area (Å²) in [5.74, 6) is 0.875. The fraction of sp³-hybridized carbons (Fsp3) is 0.333. The van der Waals surface area contributed by atoms with Crippen LogP contribution in [0.2, 0.25) is 5.02 Å². The van der Waals surface area contributed by atoms with E-state index in [0.717, 1.165) is 0 Å². The van der Waals surface area contributed by atoms with E-state index in [1.165, 1.54) is 0 Å². The monoisotopic (exact) mass is 430 g/mol. The number of benzene rings is 2. The minimum absolute atomic E-state index is 0.0587. The molecule has 0 aromatic heterocycles. The van der Waals surface area contributed by atoms with Gasteiger partial charge < -0.3 is 28.7 Å². The van der Waals surface area contributed by atoms with Crippen LogP contribution in [-0.4, -0.2) is 62.5 Å². The van der Waals surface area contributed by atoms with Gasteiger partial charge in [-0.1, -0.05) is 23.7 Å². The topological polar surface area (TPSA) is 77.5 Å². The first-order valence-corrected chi connectivity index (χ1v) is 10.0. The summed E-state index contributed by atoms with van der Waals surface area (Å²) in [6.07, 6.45) is -0.800. The molecule has 5 rings (SSSR count). The van der Waals surface area contributed by atoms with Crippen LogP contribution < -0.4 is 19.1 Å². The van der Waals surface area contributed by atoms with Gasteiger partial charge in [-0.15, -0.1) is 0 Å². The maximum Gasteiger partial charge on any atom is 0.265 e. The van der Waals surface area contributed by atoms with Crippen molar-refractivity contribution >= 4 is 29.1 Å². The summed E-state index contributed by atoms with van der Waals surface area (Å²) in [7, 11) is 0. The van der Waals surface area contributed by atoms with E-state index in [2.05, 4.69) is 0 Å². The Balaban J connectivity index is 1.46. The third-order valence-electron chi connectivity index (χ3n) is 5.29. The van der Waals surface area contributed by atoms with Crippen LogP contribution in [0.1, 0.15) is 10.4 Å². The first kappa shape index (κ1) is 19.0. The van der Waals surface area contributed by atoms with Gasteiger partial charge >= 0.3 is 0 Å². The zero-order valence-electron chi connectivity index (χ0n) is 16.0. The van der Waals surface area contributed by atoms with Gasteiger partial charge in [-0.2, -0.15) is 0 Å². The van der Waals surface area contributed by atoms with E-state index in [4.69, 9.17) is 30.5 Å². The Hall–Kier alpha value is -2.97. The maximum absolute atomic E-state index is 13.4. The number of halogens is 1. The molecule has 0 saturated carbocycles. The van der Waals surface area contributed by atoms with Crippen LogP contribution in [0.15, 0.2) is 36.4 Å². The van der Waals surface area contributed by atoms with E-state index in [-0.39, 0.29) is 25.2 Å². The molecule has 1 saturated heterocycles. The molecule has 2 aromatic rings. The Kier molecular flexibility index (Phi) is 4.88. The summed E-state index contributed by atoms with van der Waals surface area (Å²) in [6, 6.07) is 10.3. The highest BCUT2D eigenvalue weighted by Gasteiger charge is 2.37. The lowest BCUT2D eigenvalue weighted by molar-refractivity contribution is -0.142. The number of rotatable bonds is 2. The van der Waals surface area contributed by atoms with Crippen LogP contribution in [-0.2, 0) is 9.53 Å². The molecule has 3 aliphatic rings. The molecule has 0 bridgehead atoms. The van der Waals surface area contributed by atoms with Gasteiger partial charge in [0.2, 0.25) is 6.79 Å². The molecule has 8 nitrogen and oxygen atoms in total. The SMILES string of the molecule is O=C(C1CN(C(=O)c2cc(Cl)c3c(c2)OCO3)c2ccccc2O1)N1CCOCC1. The zero-order chi connectivity index (χ0) is 20.7. The predicted molar refractivity (Wildman–Crippen MR) is 108 cm³/mol. The second kappa shape index (κ2) is 7.70. The van der Waals surface area contributed by atoms with Crippen LogP contribution in [0.4, 0.5) is 5.69 Å². The molecule has 2 amide bonds. The fourth-order valence-corrected chi connectivity index (χ4v) is 4.05. The normalized spacial score (nSPS) is 19.8. The number of hydrogen-bond donors (Lipinski definition) is 0. The van der Waals surface area contributed by atoms with Crippen LogP contribution >= 0.6 is 11.6 Å². The number of hydrogen-bond acceptors (Lipinski definition) is 6. The smallest absolute Gasteiger partial charge is 0.265 e. The van der Waals surface area contributed by atoms with Crippen molar-refractivity contribution in [2.45, 2.75) is 6.10 Å². The lowest BCUT2D eigenvalue weighted by atomic mass is 10.1. The molecule has 1 atom stereocenters. The highest BCUT2D eigenvalue weighted by Crippen LogP contribution is 2.41. The zero-order valence-corrected chi connectivity index (χ0v) is 16.8. The molecule has 3 aliphatic heterocycles. The van der Waals surface area contributed by atoms with E-state index >= 15 is 0 Å². The number of ether oxygens (including phenoxy) is 4. The van der Waals surface area contributed by atoms with Gasteiger partial charge in [-0.3, -0.25) is 9.59 Å². The van der Waals surface area contributed by atoms with Crippen LogP contribution in [0.5, 0.6) is 17.2 Å². The molecular weight excluding hydrogens is 412 g/mol. The van der Waals surface area contributed by atoms with Gasteiger partial charge in [0.15, 0.2) is 17.6 Å². The number of para-hydroxylation sites is 2. The van der Waals surface area contributed by atoms with Gasteiger partial charge in [0.1, 0.15) is 5.75 Å². The van der Waals surface area contributed by atoms with Gasteiger partial charge in [-0.25, -0.2) is 0 Å². The number of anilines is 1. The molecule has 0 N–H and O–H groups in total. The lowest BCUT2D eigenvalue weighted by Crippen LogP contribution is -2.54. The molecular formula is C21H19ClN2O6. The quantitative estimate of drug-likeness (QED) is 0.727. The Morgan fingerprint density at radius 1 is 1.03 bits per heavy atom. The van der Waals surface area contributed by atoms with Gasteiger partial charge in [0.05, 0.1) is 30.5 Å². The van der Waals surface area contributed by atoms with Crippen molar-refractivity contribution in [3.8, 4) is 17.2 Å². The molecule has 2 aromatic carbocycles. The van der Waals surface area contributed by atoms with Crippen molar-refractivity contribution in [3.05, 3.63) is 47.0 Å². The number of amides is 2. The van der Waals surface area contributed by atoms with E-state index in [0.29, 0.717) is 59.8 Å². The number of nitrogens with zero attached hydrogens (tertiary/aromatic N) is 2. The van der Waals surface area contributed by atoms with Crippen molar-refractivity contribution < 1.29 is 28.5 Å². The molecule has 0 radical (unpaired) electrons. The molecule has 0 spiro atoms. The summed E-state index contributed by atoms with van der Waals surface area (Å²) in [6.45, 7) is 2.15. The Bertz CT molecular complexity index is 1010. The van der Waals surface area contributed by atoms with Crippen molar-refractivity contribution in [1.29, 1.82) is 0 Å². The third kappa shape index (κ3) is 3.32. The molecule has 0 aliphatic carbocycles. The van der Waals surface area contributed by atoms with Gasteiger partial charge in [0, 0.05) is 18.7 Å². The van der Waals surface area contributed by atoms with Gasteiger partial charge in [0.25, 0.3) is 11.8 Å². The number of carbonyl (C=O) groups excluding carboxylic acids is 2. The summed E-state index contributed by atoms with van der Waals surface area (Å²) >= 11 is 6.27. The minimum Gasteiger partial charge on any atom is -0.476 e. The van der Waals surface area contributed by atoms with Crippen LogP contribution in [0.25, 0.3) is 0 Å². The van der Waals surface area contributed by atoms with Crippen LogP contribution in [0.3, 0.4) is 0 Å². The van der Waals surface area contributed by atoms with Gasteiger partial charge in [-0.05, 0) is 24.3 Å². The van der Waals surface area contributed by atoms with E-state index in [9.17, 15) is 9.59 Å². The molecule has 156 valence electrons. The Labute approximate surface area is 177 Å². The Morgan fingerprint density at radius 3 is 2.67 bits per heavy atom. The van der Waals surface area contributed by atoms with E-state index < -0.39 is 6.10 Å². The van der Waals surface area contributed by atoms with Crippen molar-refractivity contribution in [1.82, 2.24) is 4.90 Å².